The summed E-state index contributed by atoms with van der Waals surface area (Å²) >= 11 is 0. The maximum atomic E-state index is 11.0. The van der Waals surface area contributed by atoms with Crippen LogP contribution in [0.25, 0.3) is 0 Å². The second-order valence-electron chi connectivity index (χ2n) is 4.31. The third-order valence-corrected chi connectivity index (χ3v) is 2.85. The number of nitrogens with zero attached hydrogens (tertiary/aromatic N) is 2. The van der Waals surface area contributed by atoms with Crippen LogP contribution in [0.4, 0.5) is 22.7 Å². The van der Waals surface area contributed by atoms with Crippen molar-refractivity contribution in [3.63, 3.8) is 0 Å². The zero-order chi connectivity index (χ0) is 17.0. The lowest BCUT2D eigenvalue weighted by molar-refractivity contribution is -0.385. The Hall–Kier alpha value is -3.56. The fourth-order valence-corrected chi connectivity index (χ4v) is 1.86. The van der Waals surface area contributed by atoms with Crippen LogP contribution in [-0.2, 0) is 0 Å². The van der Waals surface area contributed by atoms with Gasteiger partial charge in [0.05, 0.1) is 9.85 Å². The number of ether oxygens (including phenoxy) is 2. The van der Waals surface area contributed by atoms with Crippen molar-refractivity contribution >= 4 is 22.7 Å². The average molecular weight is 320 g/mol. The van der Waals surface area contributed by atoms with Crippen molar-refractivity contribution in [1.82, 2.24) is 0 Å². The first kappa shape index (κ1) is 15.8. The highest BCUT2D eigenvalue weighted by molar-refractivity contribution is 5.66. The number of rotatable bonds is 6. The van der Waals surface area contributed by atoms with Crippen molar-refractivity contribution in [3.05, 3.63) is 56.6 Å². The molecule has 2 aromatic rings. The van der Waals surface area contributed by atoms with Crippen LogP contribution in [-0.4, -0.2) is 16.6 Å². The van der Waals surface area contributed by atoms with Gasteiger partial charge in [0.15, 0.2) is 0 Å². The minimum atomic E-state index is -0.687. The summed E-state index contributed by atoms with van der Waals surface area (Å²) in [5.41, 5.74) is 10.1. The van der Waals surface area contributed by atoms with Gasteiger partial charge in [0.25, 0.3) is 0 Å². The number of para-hydroxylation sites is 2. The first-order valence-electron chi connectivity index (χ1n) is 6.23. The Labute approximate surface area is 129 Å². The molecule has 0 atom stereocenters. The van der Waals surface area contributed by atoms with Crippen LogP contribution in [0.15, 0.2) is 36.4 Å². The van der Waals surface area contributed by atoms with Gasteiger partial charge in [-0.25, -0.2) is 0 Å². The van der Waals surface area contributed by atoms with Crippen molar-refractivity contribution < 1.29 is 19.3 Å². The molecule has 2 rings (SSSR count). The Balaban J connectivity index is 2.16. The van der Waals surface area contributed by atoms with Gasteiger partial charge in [0, 0.05) is 0 Å². The lowest BCUT2D eigenvalue weighted by Crippen LogP contribution is -2.09. The topological polar surface area (TPSA) is 157 Å². The van der Waals surface area contributed by atoms with E-state index >= 15 is 0 Å². The Morgan fingerprint density at radius 2 is 1.22 bits per heavy atom. The van der Waals surface area contributed by atoms with Crippen LogP contribution in [0.1, 0.15) is 0 Å². The third-order valence-electron chi connectivity index (χ3n) is 2.85. The quantitative estimate of drug-likeness (QED) is 0.354. The molecule has 0 aromatic heterocycles. The van der Waals surface area contributed by atoms with Crippen LogP contribution in [0.2, 0.25) is 0 Å². The molecule has 10 heteroatoms. The molecule has 120 valence electrons. The van der Waals surface area contributed by atoms with E-state index in [1.54, 1.807) is 0 Å². The normalized spacial score (nSPS) is 10.1. The maximum absolute atomic E-state index is 11.0. The van der Waals surface area contributed by atoms with Gasteiger partial charge < -0.3 is 20.9 Å². The fraction of sp³-hybridized carbons (Fsp3) is 0.0769. The Bertz CT molecular complexity index is 701. The number of nitrogens with two attached hydrogens (primary N) is 2. The van der Waals surface area contributed by atoms with Gasteiger partial charge >= 0.3 is 11.4 Å². The number of nitrogen functional groups attached to an aromatic ring is 2. The molecule has 0 heterocycles. The molecular formula is C13H12N4O6. The predicted octanol–water partition coefficient (Wildman–Crippen LogP) is 2.08. The van der Waals surface area contributed by atoms with Gasteiger partial charge in [-0.3, -0.25) is 20.2 Å². The van der Waals surface area contributed by atoms with E-state index in [0.29, 0.717) is 0 Å². The maximum Gasteiger partial charge on any atom is 0.333 e. The summed E-state index contributed by atoms with van der Waals surface area (Å²) in [6.07, 6.45) is 0. The summed E-state index contributed by atoms with van der Waals surface area (Å²) in [7, 11) is 0. The number of hydrogen-bond donors (Lipinski definition) is 2. The van der Waals surface area contributed by atoms with Crippen LogP contribution in [0.5, 0.6) is 11.5 Å². The summed E-state index contributed by atoms with van der Waals surface area (Å²) < 4.78 is 10.3. The molecule has 0 amide bonds. The van der Waals surface area contributed by atoms with Crippen molar-refractivity contribution in [1.29, 1.82) is 0 Å². The second kappa shape index (κ2) is 6.47. The molecule has 0 aliphatic rings. The molecule has 0 bridgehead atoms. The molecule has 0 spiro atoms. The molecular weight excluding hydrogens is 308 g/mol. The number of anilines is 2. The van der Waals surface area contributed by atoms with E-state index in [1.165, 1.54) is 36.4 Å². The first-order chi connectivity index (χ1) is 10.9. The Morgan fingerprint density at radius 3 is 1.57 bits per heavy atom. The van der Waals surface area contributed by atoms with E-state index in [9.17, 15) is 20.2 Å². The van der Waals surface area contributed by atoms with Gasteiger partial charge in [0.1, 0.15) is 11.4 Å². The van der Waals surface area contributed by atoms with Crippen LogP contribution in [0, 0.1) is 20.2 Å². The molecule has 0 saturated heterocycles. The zero-order valence-electron chi connectivity index (χ0n) is 11.7. The van der Waals surface area contributed by atoms with E-state index in [1.807, 2.05) is 0 Å². The lowest BCUT2D eigenvalue weighted by Gasteiger charge is -2.10. The van der Waals surface area contributed by atoms with Gasteiger partial charge in [-0.1, -0.05) is 12.1 Å². The van der Waals surface area contributed by atoms with Crippen molar-refractivity contribution in [2.75, 3.05) is 18.3 Å². The summed E-state index contributed by atoms with van der Waals surface area (Å²) in [4.78, 5) is 20.6. The van der Waals surface area contributed by atoms with Gasteiger partial charge in [-0.2, -0.15) is 0 Å². The molecule has 2 aromatic carbocycles. The molecule has 23 heavy (non-hydrogen) atoms. The minimum absolute atomic E-state index is 0.0672. The summed E-state index contributed by atoms with van der Waals surface area (Å²) in [5, 5.41) is 21.9. The van der Waals surface area contributed by atoms with Crippen molar-refractivity contribution in [2.45, 2.75) is 0 Å². The molecule has 4 N–H and O–H groups in total. The van der Waals surface area contributed by atoms with E-state index in [4.69, 9.17) is 20.9 Å². The summed E-state index contributed by atoms with van der Waals surface area (Å²) in [5.74, 6) is -0.219. The Kier molecular flexibility index (Phi) is 4.45. The monoisotopic (exact) mass is 320 g/mol. The van der Waals surface area contributed by atoms with Gasteiger partial charge in [-0.15, -0.1) is 0 Å². The average Bonchev–Trinajstić information content (AvgIpc) is 2.46. The number of hydrogen-bond acceptors (Lipinski definition) is 8. The van der Waals surface area contributed by atoms with E-state index in [-0.39, 0.29) is 22.9 Å². The second-order valence-corrected chi connectivity index (χ2v) is 4.31. The van der Waals surface area contributed by atoms with Crippen molar-refractivity contribution in [3.8, 4) is 11.5 Å². The molecule has 0 radical (unpaired) electrons. The number of nitro benzene ring substituents is 2. The third kappa shape index (κ3) is 3.37. The van der Waals surface area contributed by atoms with E-state index in [0.717, 1.165) is 0 Å². The Morgan fingerprint density at radius 1 is 0.826 bits per heavy atom. The van der Waals surface area contributed by atoms with Crippen LogP contribution in [0.3, 0.4) is 0 Å². The van der Waals surface area contributed by atoms with E-state index < -0.39 is 28.0 Å². The van der Waals surface area contributed by atoms with Gasteiger partial charge in [-0.05, 0) is 24.3 Å². The SMILES string of the molecule is Nc1cccc(OCOc2cccc(N)c2[N+](=O)[O-])c1[N+](=O)[O-]. The smallest absolute Gasteiger partial charge is 0.333 e. The number of benzene rings is 2. The van der Waals surface area contributed by atoms with Crippen LogP contribution < -0.4 is 20.9 Å². The molecule has 0 fully saturated rings. The standard InChI is InChI=1S/C13H12N4O6/c14-8-3-1-5-10(12(8)16(18)19)22-7-23-11-6-2-4-9(15)13(11)17(20)21/h1-6H,7,14-15H2. The molecule has 0 unspecified atom stereocenters. The predicted molar refractivity (Wildman–Crippen MR) is 81.1 cm³/mol. The zero-order valence-corrected chi connectivity index (χ0v) is 11.7. The van der Waals surface area contributed by atoms with Crippen LogP contribution >= 0.6 is 0 Å². The van der Waals surface area contributed by atoms with Gasteiger partial charge in [0.2, 0.25) is 18.3 Å². The van der Waals surface area contributed by atoms with E-state index in [2.05, 4.69) is 0 Å². The fourth-order valence-electron chi connectivity index (χ4n) is 1.86. The lowest BCUT2D eigenvalue weighted by atomic mass is 10.2. The first-order valence-corrected chi connectivity index (χ1v) is 6.23. The number of nitro groups is 2. The highest BCUT2D eigenvalue weighted by Crippen LogP contribution is 2.34. The molecule has 0 aliphatic heterocycles. The largest absolute Gasteiger partial charge is 0.450 e. The van der Waals surface area contributed by atoms with Crippen molar-refractivity contribution in [2.24, 2.45) is 0 Å². The molecule has 10 nitrogen and oxygen atoms in total. The molecule has 0 saturated carbocycles. The highest BCUT2D eigenvalue weighted by Gasteiger charge is 2.21. The summed E-state index contributed by atoms with van der Waals surface area (Å²) in [6.45, 7) is -0.491. The molecule has 0 aliphatic carbocycles. The minimum Gasteiger partial charge on any atom is -0.450 e. The highest BCUT2D eigenvalue weighted by atomic mass is 16.7. The summed E-state index contributed by atoms with van der Waals surface area (Å²) in [6, 6.07) is 8.33.